The van der Waals surface area contributed by atoms with Gasteiger partial charge in [-0.1, -0.05) is 0 Å². The van der Waals surface area contributed by atoms with E-state index in [0.717, 1.165) is 0 Å². The summed E-state index contributed by atoms with van der Waals surface area (Å²) in [5, 5.41) is -0.531. The first-order valence-electron chi connectivity index (χ1n) is 4.46. The number of methoxy groups -OCH3 is 1. The fourth-order valence-electron chi connectivity index (χ4n) is 0.946. The Morgan fingerprint density at radius 3 is 2.50 bits per heavy atom. The molecule has 0 aromatic rings. The summed E-state index contributed by atoms with van der Waals surface area (Å²) in [4.78, 5) is 0. The lowest BCUT2D eigenvalue weighted by molar-refractivity contribution is 0.189. The molecule has 0 saturated carbocycles. The van der Waals surface area contributed by atoms with Crippen molar-refractivity contribution >= 4 is 21.6 Å². The molecule has 14 heavy (non-hydrogen) atoms. The Labute approximate surface area is 91.2 Å². The summed E-state index contributed by atoms with van der Waals surface area (Å²) in [5.74, 6) is 0.122. The molecule has 0 spiro atoms. The molecule has 0 saturated heterocycles. The molecule has 0 rings (SSSR count). The molecule has 0 bridgehead atoms. The van der Waals surface area contributed by atoms with Crippen molar-refractivity contribution in [3.8, 4) is 0 Å². The maximum absolute atomic E-state index is 11.7. The van der Waals surface area contributed by atoms with E-state index in [0.29, 0.717) is 19.6 Å². The molecule has 0 aliphatic carbocycles. The standard InChI is InChI=1S/C8H18ClNO3S/c1-8(7-9)14(11,12)10(2)5-4-6-13-3/h8H,4-7H2,1-3H3. The highest BCUT2D eigenvalue weighted by Crippen LogP contribution is 2.08. The van der Waals surface area contributed by atoms with Crippen LogP contribution in [-0.2, 0) is 14.8 Å². The molecule has 0 N–H and O–H groups in total. The molecule has 0 aromatic carbocycles. The van der Waals surface area contributed by atoms with E-state index >= 15 is 0 Å². The average molecular weight is 244 g/mol. The van der Waals surface area contributed by atoms with Crippen LogP contribution in [0.25, 0.3) is 0 Å². The van der Waals surface area contributed by atoms with Crippen LogP contribution in [0.15, 0.2) is 0 Å². The van der Waals surface area contributed by atoms with Crippen molar-refractivity contribution in [1.29, 1.82) is 0 Å². The van der Waals surface area contributed by atoms with Gasteiger partial charge in [-0.05, 0) is 13.3 Å². The summed E-state index contributed by atoms with van der Waals surface area (Å²) in [7, 11) is -0.0670. The highest BCUT2D eigenvalue weighted by molar-refractivity contribution is 7.89. The van der Waals surface area contributed by atoms with Crippen LogP contribution in [0.5, 0.6) is 0 Å². The van der Waals surface area contributed by atoms with E-state index in [1.807, 2.05) is 0 Å². The summed E-state index contributed by atoms with van der Waals surface area (Å²) in [5.41, 5.74) is 0. The Morgan fingerprint density at radius 2 is 2.07 bits per heavy atom. The Morgan fingerprint density at radius 1 is 1.50 bits per heavy atom. The predicted octanol–water partition coefficient (Wildman–Crippen LogP) is 0.912. The van der Waals surface area contributed by atoms with E-state index in [1.54, 1.807) is 21.1 Å². The van der Waals surface area contributed by atoms with Gasteiger partial charge in [-0.15, -0.1) is 11.6 Å². The Hall–Kier alpha value is 0.160. The number of nitrogens with zero attached hydrogens (tertiary/aromatic N) is 1. The number of halogens is 1. The zero-order valence-electron chi connectivity index (χ0n) is 8.86. The summed E-state index contributed by atoms with van der Waals surface area (Å²) in [6.07, 6.45) is 0.696. The van der Waals surface area contributed by atoms with Gasteiger partial charge in [0, 0.05) is 33.2 Å². The van der Waals surface area contributed by atoms with Crippen molar-refractivity contribution in [3.63, 3.8) is 0 Å². The van der Waals surface area contributed by atoms with Crippen molar-refractivity contribution in [2.24, 2.45) is 0 Å². The smallest absolute Gasteiger partial charge is 0.217 e. The SMILES string of the molecule is COCCCN(C)S(=O)(=O)C(C)CCl. The van der Waals surface area contributed by atoms with Gasteiger partial charge in [0.25, 0.3) is 0 Å². The topological polar surface area (TPSA) is 46.6 Å². The molecule has 4 nitrogen and oxygen atoms in total. The number of alkyl halides is 1. The molecule has 0 heterocycles. The van der Waals surface area contributed by atoms with Crippen molar-refractivity contribution < 1.29 is 13.2 Å². The van der Waals surface area contributed by atoms with Crippen molar-refractivity contribution in [2.75, 3.05) is 33.2 Å². The van der Waals surface area contributed by atoms with E-state index in [-0.39, 0.29) is 5.88 Å². The molecular weight excluding hydrogens is 226 g/mol. The number of hydrogen-bond acceptors (Lipinski definition) is 3. The van der Waals surface area contributed by atoms with Crippen LogP contribution in [0.2, 0.25) is 0 Å². The summed E-state index contributed by atoms with van der Waals surface area (Å²) in [6, 6.07) is 0. The summed E-state index contributed by atoms with van der Waals surface area (Å²) < 4.78 is 29.5. The molecule has 86 valence electrons. The van der Waals surface area contributed by atoms with Gasteiger partial charge in [0.2, 0.25) is 10.0 Å². The molecule has 0 aliphatic rings. The third-order valence-corrected chi connectivity index (χ3v) is 4.86. The number of hydrogen-bond donors (Lipinski definition) is 0. The van der Waals surface area contributed by atoms with Crippen LogP contribution >= 0.6 is 11.6 Å². The molecule has 1 unspecified atom stereocenters. The first-order chi connectivity index (χ1) is 6.46. The molecule has 0 aliphatic heterocycles. The molecule has 0 aromatic heterocycles. The number of rotatable bonds is 7. The first kappa shape index (κ1) is 14.2. The maximum Gasteiger partial charge on any atom is 0.217 e. The van der Waals surface area contributed by atoms with Gasteiger partial charge >= 0.3 is 0 Å². The Kier molecular flexibility index (Phi) is 6.68. The Balaban J connectivity index is 4.15. The van der Waals surface area contributed by atoms with Crippen LogP contribution < -0.4 is 0 Å². The summed E-state index contributed by atoms with van der Waals surface area (Å²) >= 11 is 5.51. The van der Waals surface area contributed by atoms with E-state index in [2.05, 4.69) is 0 Å². The highest BCUT2D eigenvalue weighted by atomic mass is 35.5. The van der Waals surface area contributed by atoms with Crippen molar-refractivity contribution in [2.45, 2.75) is 18.6 Å². The fraction of sp³-hybridized carbons (Fsp3) is 1.00. The van der Waals surface area contributed by atoms with Gasteiger partial charge in [0.1, 0.15) is 0 Å². The van der Waals surface area contributed by atoms with Crippen LogP contribution in [0, 0.1) is 0 Å². The minimum Gasteiger partial charge on any atom is -0.385 e. The zero-order valence-corrected chi connectivity index (χ0v) is 10.4. The van der Waals surface area contributed by atoms with Gasteiger partial charge < -0.3 is 4.74 Å². The molecule has 0 fully saturated rings. The second-order valence-electron chi connectivity index (χ2n) is 3.18. The van der Waals surface area contributed by atoms with E-state index in [9.17, 15) is 8.42 Å². The second kappa shape index (κ2) is 6.61. The lowest BCUT2D eigenvalue weighted by atomic mass is 10.5. The number of sulfonamides is 1. The monoisotopic (exact) mass is 243 g/mol. The minimum absolute atomic E-state index is 0.122. The largest absolute Gasteiger partial charge is 0.385 e. The van der Waals surface area contributed by atoms with Gasteiger partial charge in [0.15, 0.2) is 0 Å². The van der Waals surface area contributed by atoms with Gasteiger partial charge in [-0.25, -0.2) is 12.7 Å². The van der Waals surface area contributed by atoms with E-state index < -0.39 is 15.3 Å². The molecule has 0 radical (unpaired) electrons. The molecular formula is C8H18ClNO3S. The predicted molar refractivity (Wildman–Crippen MR) is 58.2 cm³/mol. The third kappa shape index (κ3) is 4.13. The lowest BCUT2D eigenvalue weighted by Gasteiger charge is -2.20. The van der Waals surface area contributed by atoms with Crippen molar-refractivity contribution in [1.82, 2.24) is 4.31 Å². The van der Waals surface area contributed by atoms with Gasteiger partial charge in [0.05, 0.1) is 5.25 Å². The van der Waals surface area contributed by atoms with E-state index in [1.165, 1.54) is 4.31 Å². The highest BCUT2D eigenvalue weighted by Gasteiger charge is 2.24. The van der Waals surface area contributed by atoms with E-state index in [4.69, 9.17) is 16.3 Å². The number of ether oxygens (including phenoxy) is 1. The van der Waals surface area contributed by atoms with Gasteiger partial charge in [-0.3, -0.25) is 0 Å². The van der Waals surface area contributed by atoms with Crippen LogP contribution in [0.3, 0.4) is 0 Å². The first-order valence-corrected chi connectivity index (χ1v) is 6.50. The minimum atomic E-state index is -3.22. The fourth-order valence-corrected chi connectivity index (χ4v) is 2.58. The molecule has 6 heteroatoms. The van der Waals surface area contributed by atoms with Crippen LogP contribution in [0.1, 0.15) is 13.3 Å². The second-order valence-corrected chi connectivity index (χ2v) is 5.94. The van der Waals surface area contributed by atoms with Crippen LogP contribution in [0.4, 0.5) is 0 Å². The maximum atomic E-state index is 11.7. The third-order valence-electron chi connectivity index (χ3n) is 1.98. The molecule has 1 atom stereocenters. The average Bonchev–Trinajstić information content (AvgIpc) is 2.16. The Bertz CT molecular complexity index is 243. The van der Waals surface area contributed by atoms with Crippen LogP contribution in [-0.4, -0.2) is 51.2 Å². The van der Waals surface area contributed by atoms with Crippen molar-refractivity contribution in [3.05, 3.63) is 0 Å². The quantitative estimate of drug-likeness (QED) is 0.493. The lowest BCUT2D eigenvalue weighted by Crippen LogP contribution is -2.36. The van der Waals surface area contributed by atoms with Gasteiger partial charge in [-0.2, -0.15) is 0 Å². The zero-order chi connectivity index (χ0) is 11.2. The summed E-state index contributed by atoms with van der Waals surface area (Å²) in [6.45, 7) is 2.64. The molecule has 0 amide bonds. The normalized spacial score (nSPS) is 14.6.